The Morgan fingerprint density at radius 1 is 1.22 bits per heavy atom. The Morgan fingerprint density at radius 2 is 1.97 bits per heavy atom. The third-order valence-corrected chi connectivity index (χ3v) is 5.12. The molecule has 3 rings (SSSR count). The van der Waals surface area contributed by atoms with E-state index in [1.54, 1.807) is 31.2 Å². The highest BCUT2D eigenvalue weighted by Gasteiger charge is 2.43. The van der Waals surface area contributed by atoms with Crippen LogP contribution in [0.3, 0.4) is 0 Å². The van der Waals surface area contributed by atoms with E-state index in [1.165, 1.54) is 19.2 Å². The van der Waals surface area contributed by atoms with Crippen molar-refractivity contribution in [1.82, 2.24) is 0 Å². The summed E-state index contributed by atoms with van der Waals surface area (Å²) in [5.74, 6) is -0.467. The minimum Gasteiger partial charge on any atom is -0.497 e. The Hall–Kier alpha value is -2.72. The molecule has 1 unspecified atom stereocenters. The maximum Gasteiger partial charge on any atom is 0.421 e. The van der Waals surface area contributed by atoms with E-state index in [0.717, 1.165) is 0 Å². The topological polar surface area (TPSA) is 78.1 Å². The molecule has 1 N–H and O–H groups in total. The van der Waals surface area contributed by atoms with Gasteiger partial charge in [-0.15, -0.1) is 0 Å². The number of aliphatic hydroxyl groups is 1. The van der Waals surface area contributed by atoms with Crippen molar-refractivity contribution in [3.05, 3.63) is 57.8 Å². The predicted molar refractivity (Wildman–Crippen MR) is 113 cm³/mol. The van der Waals surface area contributed by atoms with Crippen LogP contribution in [0.15, 0.2) is 45.3 Å². The number of hydrogen-bond donors (Lipinski definition) is 1. The largest absolute Gasteiger partial charge is 0.497 e. The van der Waals surface area contributed by atoms with E-state index in [0.29, 0.717) is 21.2 Å². The number of methoxy groups -OCH3 is 1. The first kappa shape index (κ1) is 23.9. The smallest absolute Gasteiger partial charge is 0.421 e. The van der Waals surface area contributed by atoms with Crippen LogP contribution in [0.4, 0.5) is 13.2 Å². The average molecular weight is 517 g/mol. The van der Waals surface area contributed by atoms with Crippen LogP contribution in [0.1, 0.15) is 29.9 Å². The summed E-state index contributed by atoms with van der Waals surface area (Å²) in [6, 6.07) is 9.44. The summed E-state index contributed by atoms with van der Waals surface area (Å²) in [4.78, 5) is 11.9. The van der Waals surface area contributed by atoms with Crippen LogP contribution in [-0.4, -0.2) is 31.0 Å². The van der Waals surface area contributed by atoms with Crippen molar-refractivity contribution < 1.29 is 41.7 Å². The average Bonchev–Trinajstić information content (AvgIpc) is 3.09. The van der Waals surface area contributed by atoms with Gasteiger partial charge in [-0.3, -0.25) is 4.79 Å². The summed E-state index contributed by atoms with van der Waals surface area (Å²) in [6.07, 6.45) is -7.84. The van der Waals surface area contributed by atoms with Crippen molar-refractivity contribution in [1.29, 1.82) is 0 Å². The lowest BCUT2D eigenvalue weighted by molar-refractivity contribution is -0.211. The second kappa shape index (κ2) is 9.83. The molecule has 10 heteroatoms. The summed E-state index contributed by atoms with van der Waals surface area (Å²) in [7, 11) is 1.45. The fourth-order valence-corrected chi connectivity index (χ4v) is 3.48. The number of halogens is 4. The second-order valence-electron chi connectivity index (χ2n) is 6.77. The molecule has 1 heterocycles. The molecule has 0 saturated carbocycles. The van der Waals surface area contributed by atoms with Gasteiger partial charge in [0.2, 0.25) is 6.10 Å². The van der Waals surface area contributed by atoms with Gasteiger partial charge in [-0.1, -0.05) is 22.0 Å². The van der Waals surface area contributed by atoms with Gasteiger partial charge in [0.25, 0.3) is 0 Å². The molecule has 0 saturated heterocycles. The molecule has 0 bridgehead atoms. The SMILES string of the molecule is CCOC(=O)Cc1ccc(OC)cc1OCc1c(C(O)C(F)(F)F)oc2ccc(Br)cc12. The van der Waals surface area contributed by atoms with E-state index >= 15 is 0 Å². The highest BCUT2D eigenvalue weighted by Crippen LogP contribution is 2.40. The van der Waals surface area contributed by atoms with Gasteiger partial charge in [-0.25, -0.2) is 0 Å². The van der Waals surface area contributed by atoms with Crippen molar-refractivity contribution in [3.63, 3.8) is 0 Å². The van der Waals surface area contributed by atoms with Crippen molar-refractivity contribution >= 4 is 32.9 Å². The number of carbonyl (C=O) groups is 1. The molecule has 1 aromatic heterocycles. The van der Waals surface area contributed by atoms with E-state index in [-0.39, 0.29) is 36.5 Å². The van der Waals surface area contributed by atoms with Crippen molar-refractivity contribution in [2.75, 3.05) is 13.7 Å². The zero-order valence-electron chi connectivity index (χ0n) is 17.2. The van der Waals surface area contributed by atoms with Crippen LogP contribution >= 0.6 is 15.9 Å². The fourth-order valence-electron chi connectivity index (χ4n) is 3.12. The predicted octanol–water partition coefficient (Wildman–Crippen LogP) is 5.48. The zero-order chi connectivity index (χ0) is 23.5. The van der Waals surface area contributed by atoms with Crippen molar-refractivity contribution in [2.24, 2.45) is 0 Å². The Morgan fingerprint density at radius 3 is 2.62 bits per heavy atom. The van der Waals surface area contributed by atoms with Gasteiger partial charge >= 0.3 is 12.1 Å². The second-order valence-corrected chi connectivity index (χ2v) is 7.69. The first-order valence-electron chi connectivity index (χ1n) is 9.55. The first-order valence-corrected chi connectivity index (χ1v) is 10.3. The lowest BCUT2D eigenvalue weighted by atomic mass is 10.1. The standard InChI is InChI=1S/C22H20BrF3O6/c1-3-30-19(27)8-12-4-6-14(29-2)10-18(12)31-11-16-15-9-13(23)5-7-17(15)32-20(16)21(28)22(24,25)26/h4-7,9-10,21,28H,3,8,11H2,1-2H3. The number of hydrogen-bond acceptors (Lipinski definition) is 6. The Kier molecular flexibility index (Phi) is 7.35. The maximum atomic E-state index is 13.2. The van der Waals surface area contributed by atoms with Gasteiger partial charge in [0.15, 0.2) is 0 Å². The van der Waals surface area contributed by atoms with E-state index < -0.39 is 24.0 Å². The number of ether oxygens (including phenoxy) is 3. The molecule has 3 aromatic rings. The molecule has 0 aliphatic carbocycles. The number of alkyl halides is 3. The Bertz CT molecular complexity index is 1110. The fraction of sp³-hybridized carbons (Fsp3) is 0.318. The van der Waals surface area contributed by atoms with Gasteiger partial charge in [0, 0.05) is 27.1 Å². The lowest BCUT2D eigenvalue weighted by Crippen LogP contribution is -2.21. The number of rotatable bonds is 8. The van der Waals surface area contributed by atoms with Crippen LogP contribution < -0.4 is 9.47 Å². The number of carbonyl (C=O) groups excluding carboxylic acids is 1. The quantitative estimate of drug-likeness (QED) is 0.399. The monoisotopic (exact) mass is 516 g/mol. The normalized spacial score (nSPS) is 12.6. The molecule has 0 aliphatic heterocycles. The van der Waals surface area contributed by atoms with Crippen molar-refractivity contribution in [2.45, 2.75) is 32.2 Å². The van der Waals surface area contributed by atoms with E-state index in [2.05, 4.69) is 15.9 Å². The molecule has 0 amide bonds. The van der Waals surface area contributed by atoms with Gasteiger partial charge < -0.3 is 23.7 Å². The summed E-state index contributed by atoms with van der Waals surface area (Å²) in [5.41, 5.74) is 0.676. The van der Waals surface area contributed by atoms with Crippen LogP contribution in [0, 0.1) is 0 Å². The van der Waals surface area contributed by atoms with Gasteiger partial charge in [-0.2, -0.15) is 13.2 Å². The van der Waals surface area contributed by atoms with Crippen molar-refractivity contribution in [3.8, 4) is 11.5 Å². The van der Waals surface area contributed by atoms with Gasteiger partial charge in [-0.05, 0) is 31.2 Å². The minimum absolute atomic E-state index is 0.0380. The highest BCUT2D eigenvalue weighted by atomic mass is 79.9. The number of furan rings is 1. The third kappa shape index (κ3) is 5.36. The zero-order valence-corrected chi connectivity index (χ0v) is 18.7. The highest BCUT2D eigenvalue weighted by molar-refractivity contribution is 9.10. The van der Waals surface area contributed by atoms with E-state index in [4.69, 9.17) is 18.6 Å². The molecule has 32 heavy (non-hydrogen) atoms. The molecule has 0 fully saturated rings. The summed E-state index contributed by atoms with van der Waals surface area (Å²) < 4.78 is 61.6. The lowest BCUT2D eigenvalue weighted by Gasteiger charge is -2.16. The Labute approximate surface area is 190 Å². The molecular weight excluding hydrogens is 497 g/mol. The van der Waals surface area contributed by atoms with Crippen LogP contribution in [-0.2, 0) is 22.6 Å². The minimum atomic E-state index is -4.93. The third-order valence-electron chi connectivity index (χ3n) is 4.63. The molecule has 6 nitrogen and oxygen atoms in total. The van der Waals surface area contributed by atoms with E-state index in [9.17, 15) is 23.1 Å². The number of esters is 1. The van der Waals surface area contributed by atoms with Crippen LogP contribution in [0.5, 0.6) is 11.5 Å². The number of aliphatic hydroxyl groups excluding tert-OH is 1. The summed E-state index contributed by atoms with van der Waals surface area (Å²) in [6.45, 7) is 1.54. The molecule has 172 valence electrons. The Balaban J connectivity index is 1.99. The van der Waals surface area contributed by atoms with Gasteiger partial charge in [0.1, 0.15) is 29.4 Å². The molecule has 0 radical (unpaired) electrons. The molecule has 0 spiro atoms. The first-order chi connectivity index (χ1) is 15.1. The van der Waals surface area contributed by atoms with Gasteiger partial charge in [0.05, 0.1) is 20.1 Å². The number of fused-ring (bicyclic) bond motifs is 1. The van der Waals surface area contributed by atoms with E-state index in [1.807, 2.05) is 0 Å². The maximum absolute atomic E-state index is 13.2. The number of benzene rings is 2. The molecule has 0 aliphatic rings. The summed E-state index contributed by atoms with van der Waals surface area (Å²) >= 11 is 3.29. The molecule has 1 atom stereocenters. The van der Waals surface area contributed by atoms with Crippen LogP contribution in [0.25, 0.3) is 11.0 Å². The van der Waals surface area contributed by atoms with Crippen LogP contribution in [0.2, 0.25) is 0 Å². The molecular formula is C22H20BrF3O6. The molecule has 2 aromatic carbocycles. The summed E-state index contributed by atoms with van der Waals surface area (Å²) in [5, 5.41) is 10.2.